The molecule has 0 aromatic carbocycles. The van der Waals surface area contributed by atoms with Crippen molar-refractivity contribution in [1.82, 2.24) is 10.2 Å². The molecule has 1 aliphatic carbocycles. The fourth-order valence-electron chi connectivity index (χ4n) is 2.65. The predicted octanol–water partition coefficient (Wildman–Crippen LogP) is 0.713. The Morgan fingerprint density at radius 3 is 2.47 bits per heavy atom. The van der Waals surface area contributed by atoms with Gasteiger partial charge in [-0.2, -0.15) is 0 Å². The number of amides is 1. The van der Waals surface area contributed by atoms with Crippen LogP contribution in [0.3, 0.4) is 0 Å². The summed E-state index contributed by atoms with van der Waals surface area (Å²) in [4.78, 5) is 14.2. The van der Waals surface area contributed by atoms with Gasteiger partial charge in [0.05, 0.1) is 6.04 Å². The molecule has 2 rings (SSSR count). The van der Waals surface area contributed by atoms with Crippen LogP contribution in [0.4, 0.5) is 0 Å². The fourth-order valence-corrected chi connectivity index (χ4v) is 2.65. The summed E-state index contributed by atoms with van der Waals surface area (Å²) in [5, 5.41) is 3.13. The number of likely N-dealkylation sites (tertiary alicyclic amines) is 1. The van der Waals surface area contributed by atoms with Gasteiger partial charge in [-0.15, -0.1) is 0 Å². The van der Waals surface area contributed by atoms with Crippen molar-refractivity contribution in [3.05, 3.63) is 0 Å². The highest BCUT2D eigenvalue weighted by Crippen LogP contribution is 2.53. The summed E-state index contributed by atoms with van der Waals surface area (Å²) in [7, 11) is 0. The van der Waals surface area contributed by atoms with Crippen LogP contribution in [0.5, 0.6) is 0 Å². The molecule has 0 aromatic heterocycles. The first-order valence-corrected chi connectivity index (χ1v) is 6.56. The van der Waals surface area contributed by atoms with Crippen LogP contribution in [0.15, 0.2) is 0 Å². The van der Waals surface area contributed by atoms with Crippen LogP contribution in [0.25, 0.3) is 0 Å². The molecule has 1 saturated carbocycles. The summed E-state index contributed by atoms with van der Waals surface area (Å²) in [6, 6.07) is -0.116. The number of hydrogen-bond acceptors (Lipinski definition) is 3. The lowest BCUT2D eigenvalue weighted by molar-refractivity contribution is -0.123. The zero-order valence-electron chi connectivity index (χ0n) is 11.4. The Balaban J connectivity index is 2.02. The molecule has 0 bridgehead atoms. The summed E-state index contributed by atoms with van der Waals surface area (Å²) in [6.45, 7) is 10.5. The molecule has 3 N–H and O–H groups in total. The van der Waals surface area contributed by atoms with E-state index >= 15 is 0 Å². The van der Waals surface area contributed by atoms with Gasteiger partial charge in [0.1, 0.15) is 0 Å². The molecule has 4 heteroatoms. The van der Waals surface area contributed by atoms with Crippen LogP contribution in [0.2, 0.25) is 0 Å². The summed E-state index contributed by atoms with van der Waals surface area (Å²) in [6.07, 6.45) is 2.48. The summed E-state index contributed by atoms with van der Waals surface area (Å²) in [5.41, 5.74) is 6.15. The van der Waals surface area contributed by atoms with Crippen molar-refractivity contribution in [1.29, 1.82) is 0 Å². The highest BCUT2D eigenvalue weighted by Gasteiger charge is 2.56. The molecule has 0 aromatic rings. The maximum Gasteiger partial charge on any atom is 0.236 e. The number of nitrogens with two attached hydrogens (primary N) is 1. The van der Waals surface area contributed by atoms with Gasteiger partial charge in [0, 0.05) is 30.1 Å². The topological polar surface area (TPSA) is 58.4 Å². The van der Waals surface area contributed by atoms with Crippen molar-refractivity contribution < 1.29 is 4.79 Å². The minimum absolute atomic E-state index is 0.0166. The van der Waals surface area contributed by atoms with E-state index in [1.54, 1.807) is 6.92 Å². The molecule has 2 atom stereocenters. The summed E-state index contributed by atoms with van der Waals surface area (Å²) >= 11 is 0. The Bertz CT molecular complexity index is 315. The van der Waals surface area contributed by atoms with E-state index < -0.39 is 6.04 Å². The average molecular weight is 239 g/mol. The summed E-state index contributed by atoms with van der Waals surface area (Å²) < 4.78 is 0. The lowest BCUT2D eigenvalue weighted by atomic mass is 10.0. The maximum absolute atomic E-state index is 11.7. The molecule has 98 valence electrons. The van der Waals surface area contributed by atoms with Crippen LogP contribution >= 0.6 is 0 Å². The van der Waals surface area contributed by atoms with E-state index in [2.05, 4.69) is 31.0 Å². The second kappa shape index (κ2) is 3.95. The number of carbonyl (C=O) groups excluding carboxylic acids is 1. The lowest BCUT2D eigenvalue weighted by Gasteiger charge is -2.31. The minimum Gasteiger partial charge on any atom is -0.350 e. The molecule has 1 saturated heterocycles. The van der Waals surface area contributed by atoms with Crippen molar-refractivity contribution in [3.63, 3.8) is 0 Å². The van der Waals surface area contributed by atoms with Crippen molar-refractivity contribution in [3.8, 4) is 0 Å². The minimum atomic E-state index is -0.408. The first-order chi connectivity index (χ1) is 7.74. The quantitative estimate of drug-likeness (QED) is 0.746. The largest absolute Gasteiger partial charge is 0.350 e. The molecule has 1 spiro atoms. The second-order valence-electron chi connectivity index (χ2n) is 6.76. The Labute approximate surface area is 104 Å². The molecule has 2 fully saturated rings. The average Bonchev–Trinajstić information content (AvgIpc) is 2.84. The van der Waals surface area contributed by atoms with Crippen LogP contribution in [0.1, 0.15) is 40.5 Å². The normalized spacial score (nSPS) is 29.4. The number of hydrogen-bond donors (Lipinski definition) is 2. The Morgan fingerprint density at radius 1 is 1.47 bits per heavy atom. The van der Waals surface area contributed by atoms with E-state index in [1.807, 2.05) is 0 Å². The Hall–Kier alpha value is -0.610. The van der Waals surface area contributed by atoms with E-state index in [1.165, 1.54) is 12.8 Å². The summed E-state index contributed by atoms with van der Waals surface area (Å²) in [5.74, 6) is -0.0166. The third kappa shape index (κ3) is 2.47. The molecule has 0 unspecified atom stereocenters. The molecule has 2 aliphatic rings. The molecule has 0 radical (unpaired) electrons. The monoisotopic (exact) mass is 239 g/mol. The SMILES string of the molecule is C[C@H](N)C(=O)N[C@H]1CN(C(C)(C)C)CC12CC2. The number of nitrogens with one attached hydrogen (secondary N) is 1. The van der Waals surface area contributed by atoms with Crippen LogP contribution in [0, 0.1) is 5.41 Å². The Morgan fingerprint density at radius 2 is 2.06 bits per heavy atom. The van der Waals surface area contributed by atoms with E-state index in [0.29, 0.717) is 11.5 Å². The molecule has 17 heavy (non-hydrogen) atoms. The Kier molecular flexibility index (Phi) is 2.99. The lowest BCUT2D eigenvalue weighted by Crippen LogP contribution is -2.48. The van der Waals surface area contributed by atoms with Gasteiger partial charge in [-0.25, -0.2) is 0 Å². The van der Waals surface area contributed by atoms with Gasteiger partial charge in [-0.05, 0) is 40.5 Å². The zero-order valence-corrected chi connectivity index (χ0v) is 11.4. The number of nitrogens with zero attached hydrogens (tertiary/aromatic N) is 1. The predicted molar refractivity (Wildman–Crippen MR) is 68.6 cm³/mol. The van der Waals surface area contributed by atoms with Crippen molar-refractivity contribution in [2.75, 3.05) is 13.1 Å². The third-order valence-electron chi connectivity index (χ3n) is 4.22. The number of carbonyl (C=O) groups is 1. The van der Waals surface area contributed by atoms with Gasteiger partial charge in [-0.3, -0.25) is 9.69 Å². The molecular weight excluding hydrogens is 214 g/mol. The van der Waals surface area contributed by atoms with Gasteiger partial charge in [0.15, 0.2) is 0 Å². The molecule has 1 heterocycles. The first-order valence-electron chi connectivity index (χ1n) is 6.56. The van der Waals surface area contributed by atoms with Crippen LogP contribution in [-0.2, 0) is 4.79 Å². The molecule has 1 aliphatic heterocycles. The van der Waals surface area contributed by atoms with Crippen LogP contribution < -0.4 is 11.1 Å². The zero-order chi connectivity index (χ0) is 12.8. The maximum atomic E-state index is 11.7. The van der Waals surface area contributed by atoms with E-state index in [0.717, 1.165) is 13.1 Å². The highest BCUT2D eigenvalue weighted by molar-refractivity contribution is 5.81. The first kappa shape index (κ1) is 12.8. The fraction of sp³-hybridized carbons (Fsp3) is 0.923. The van der Waals surface area contributed by atoms with Gasteiger partial charge < -0.3 is 11.1 Å². The van der Waals surface area contributed by atoms with Crippen molar-refractivity contribution in [2.24, 2.45) is 11.1 Å². The number of rotatable bonds is 2. The smallest absolute Gasteiger partial charge is 0.236 e. The van der Waals surface area contributed by atoms with Gasteiger partial charge >= 0.3 is 0 Å². The van der Waals surface area contributed by atoms with Gasteiger partial charge in [0.2, 0.25) is 5.91 Å². The van der Waals surface area contributed by atoms with E-state index in [9.17, 15) is 4.79 Å². The molecule has 4 nitrogen and oxygen atoms in total. The highest BCUT2D eigenvalue weighted by atomic mass is 16.2. The standard InChI is InChI=1S/C13H25N3O/c1-9(14)11(17)15-10-7-16(12(2,3)4)8-13(10)5-6-13/h9-10H,5-8,14H2,1-4H3,(H,15,17)/t9-,10-/m0/s1. The van der Waals surface area contributed by atoms with Crippen molar-refractivity contribution >= 4 is 5.91 Å². The van der Waals surface area contributed by atoms with E-state index in [-0.39, 0.29) is 11.4 Å². The van der Waals surface area contributed by atoms with E-state index in [4.69, 9.17) is 5.73 Å². The molecule has 1 amide bonds. The van der Waals surface area contributed by atoms with Crippen molar-refractivity contribution in [2.45, 2.75) is 58.2 Å². The molecular formula is C13H25N3O. The second-order valence-corrected chi connectivity index (χ2v) is 6.76. The van der Waals surface area contributed by atoms with Crippen LogP contribution in [-0.4, -0.2) is 41.5 Å². The van der Waals surface area contributed by atoms with Gasteiger partial charge in [-0.1, -0.05) is 0 Å². The van der Waals surface area contributed by atoms with Gasteiger partial charge in [0.25, 0.3) is 0 Å². The third-order valence-corrected chi connectivity index (χ3v) is 4.22.